The molecule has 3 amide bonds. The van der Waals surface area contributed by atoms with Crippen molar-refractivity contribution in [2.45, 2.75) is 51.5 Å². The molecule has 0 spiro atoms. The van der Waals surface area contributed by atoms with E-state index in [-0.39, 0.29) is 35.4 Å². The van der Waals surface area contributed by atoms with Gasteiger partial charge in [0, 0.05) is 18.7 Å². The van der Waals surface area contributed by atoms with Gasteiger partial charge < -0.3 is 20.4 Å². The molecule has 1 heterocycles. The van der Waals surface area contributed by atoms with E-state index in [9.17, 15) is 14.4 Å². The number of amides is 3. The molecular formula is C26H31N3O4. The monoisotopic (exact) mass is 449 g/mol. The van der Waals surface area contributed by atoms with E-state index in [4.69, 9.17) is 4.42 Å². The van der Waals surface area contributed by atoms with Gasteiger partial charge in [0.15, 0.2) is 5.76 Å². The van der Waals surface area contributed by atoms with E-state index < -0.39 is 0 Å². The highest BCUT2D eigenvalue weighted by molar-refractivity contribution is 6.02. The topological polar surface area (TPSA) is 100 Å². The smallest absolute Gasteiger partial charge is 0.291 e. The van der Waals surface area contributed by atoms with Gasteiger partial charge in [0.05, 0.1) is 12.8 Å². The number of anilines is 1. The average molecular weight is 450 g/mol. The minimum absolute atomic E-state index is 0.00247. The van der Waals surface area contributed by atoms with Crippen molar-refractivity contribution >= 4 is 23.4 Å². The van der Waals surface area contributed by atoms with Crippen molar-refractivity contribution in [3.05, 3.63) is 54.0 Å². The summed E-state index contributed by atoms with van der Waals surface area (Å²) in [6, 6.07) is 10.5. The molecule has 0 saturated heterocycles. The SMILES string of the molecule is O=C(CNC(=O)CC12CC3CC(CC(C3)C1)C2)NCc1ccc(NC(=O)c2ccco2)cc1. The summed E-state index contributed by atoms with van der Waals surface area (Å²) < 4.78 is 5.07. The molecule has 4 aliphatic carbocycles. The lowest BCUT2D eigenvalue weighted by Crippen LogP contribution is -2.48. The number of carbonyl (C=O) groups is 3. The highest BCUT2D eigenvalue weighted by Crippen LogP contribution is 2.61. The highest BCUT2D eigenvalue weighted by atomic mass is 16.3. The van der Waals surface area contributed by atoms with Crippen molar-refractivity contribution in [3.8, 4) is 0 Å². The van der Waals surface area contributed by atoms with Gasteiger partial charge in [-0.1, -0.05) is 12.1 Å². The van der Waals surface area contributed by atoms with E-state index in [0.29, 0.717) is 18.7 Å². The van der Waals surface area contributed by atoms with Crippen molar-refractivity contribution in [2.75, 3.05) is 11.9 Å². The van der Waals surface area contributed by atoms with Gasteiger partial charge in [-0.15, -0.1) is 0 Å². The molecule has 4 aliphatic rings. The standard InChI is InChI=1S/C26H31N3O4/c30-23(14-26-11-18-8-19(12-26)10-20(9-18)13-26)28-16-24(31)27-15-17-3-5-21(6-4-17)29-25(32)22-2-1-7-33-22/h1-7,18-20H,8-16H2,(H,27,31)(H,28,30)(H,29,32). The van der Waals surface area contributed by atoms with E-state index in [1.165, 1.54) is 44.8 Å². The van der Waals surface area contributed by atoms with Gasteiger partial charge in [-0.05, 0) is 91.5 Å². The van der Waals surface area contributed by atoms with Gasteiger partial charge >= 0.3 is 0 Å². The summed E-state index contributed by atoms with van der Waals surface area (Å²) in [7, 11) is 0. The summed E-state index contributed by atoms with van der Waals surface area (Å²) in [5.41, 5.74) is 1.73. The number of furan rings is 1. The molecule has 6 rings (SSSR count). The first-order chi connectivity index (χ1) is 16.0. The van der Waals surface area contributed by atoms with Crippen LogP contribution < -0.4 is 16.0 Å². The Labute approximate surface area is 193 Å². The van der Waals surface area contributed by atoms with E-state index in [2.05, 4.69) is 16.0 Å². The number of rotatable bonds is 8. The molecular weight excluding hydrogens is 418 g/mol. The lowest BCUT2D eigenvalue weighted by Gasteiger charge is -2.56. The van der Waals surface area contributed by atoms with Gasteiger partial charge in [0.2, 0.25) is 11.8 Å². The second-order valence-corrected chi connectivity index (χ2v) is 10.3. The quantitative estimate of drug-likeness (QED) is 0.569. The van der Waals surface area contributed by atoms with Crippen molar-refractivity contribution in [1.29, 1.82) is 0 Å². The number of nitrogens with one attached hydrogen (secondary N) is 3. The molecule has 4 saturated carbocycles. The van der Waals surface area contributed by atoms with E-state index in [1.807, 2.05) is 12.1 Å². The Morgan fingerprint density at radius 3 is 2.15 bits per heavy atom. The summed E-state index contributed by atoms with van der Waals surface area (Å²) in [6.45, 7) is 0.360. The molecule has 1 aromatic heterocycles. The van der Waals surface area contributed by atoms with Gasteiger partial charge in [-0.2, -0.15) is 0 Å². The molecule has 0 unspecified atom stereocenters. The van der Waals surface area contributed by atoms with Crippen LogP contribution in [-0.4, -0.2) is 24.3 Å². The molecule has 0 atom stereocenters. The maximum Gasteiger partial charge on any atom is 0.291 e. The first-order valence-electron chi connectivity index (χ1n) is 11.9. The first kappa shape index (κ1) is 21.7. The van der Waals surface area contributed by atoms with Gasteiger partial charge in [0.1, 0.15) is 0 Å². The molecule has 174 valence electrons. The molecule has 3 N–H and O–H groups in total. The fourth-order valence-electron chi connectivity index (χ4n) is 6.66. The zero-order chi connectivity index (χ0) is 22.8. The molecule has 1 aromatic carbocycles. The molecule has 2 aromatic rings. The maximum absolute atomic E-state index is 12.6. The highest BCUT2D eigenvalue weighted by Gasteiger charge is 2.51. The third-order valence-electron chi connectivity index (χ3n) is 7.59. The Balaban J connectivity index is 1.03. The average Bonchev–Trinajstić information content (AvgIpc) is 3.31. The Kier molecular flexibility index (Phi) is 5.96. The van der Waals surface area contributed by atoms with Crippen LogP contribution in [-0.2, 0) is 16.1 Å². The normalized spacial score (nSPS) is 27.2. The van der Waals surface area contributed by atoms with E-state index >= 15 is 0 Å². The number of carbonyl (C=O) groups excluding carboxylic acids is 3. The summed E-state index contributed by atoms with van der Waals surface area (Å²) in [4.78, 5) is 36.8. The largest absolute Gasteiger partial charge is 0.459 e. The Bertz CT molecular complexity index is 977. The van der Waals surface area contributed by atoms with Gasteiger partial charge in [-0.25, -0.2) is 0 Å². The van der Waals surface area contributed by atoms with Crippen LogP contribution in [0.5, 0.6) is 0 Å². The summed E-state index contributed by atoms with van der Waals surface area (Å²) in [5.74, 6) is 2.18. The molecule has 33 heavy (non-hydrogen) atoms. The minimum atomic E-state index is -0.315. The maximum atomic E-state index is 12.6. The molecule has 4 bridgehead atoms. The number of benzene rings is 1. The number of hydrogen-bond acceptors (Lipinski definition) is 4. The van der Waals surface area contributed by atoms with Gasteiger partial charge in [0.25, 0.3) is 5.91 Å². The predicted octanol–water partition coefficient (Wildman–Crippen LogP) is 3.87. The molecule has 0 radical (unpaired) electrons. The van der Waals surface area contributed by atoms with Crippen LogP contribution in [0.4, 0.5) is 5.69 Å². The van der Waals surface area contributed by atoms with E-state index in [0.717, 1.165) is 23.3 Å². The lowest BCUT2D eigenvalue weighted by atomic mass is 9.49. The van der Waals surface area contributed by atoms with Crippen LogP contribution >= 0.6 is 0 Å². The van der Waals surface area contributed by atoms with Gasteiger partial charge in [-0.3, -0.25) is 14.4 Å². The van der Waals surface area contributed by atoms with Crippen LogP contribution in [0.15, 0.2) is 47.1 Å². The second kappa shape index (κ2) is 9.04. The molecule has 7 heteroatoms. The zero-order valence-electron chi connectivity index (χ0n) is 18.8. The van der Waals surface area contributed by atoms with Crippen LogP contribution in [0.1, 0.15) is 61.1 Å². The van der Waals surface area contributed by atoms with Crippen molar-refractivity contribution in [3.63, 3.8) is 0 Å². The fraction of sp³-hybridized carbons (Fsp3) is 0.500. The predicted molar refractivity (Wildman–Crippen MR) is 123 cm³/mol. The minimum Gasteiger partial charge on any atom is -0.459 e. The summed E-state index contributed by atoms with van der Waals surface area (Å²) in [6.07, 6.45) is 9.67. The third kappa shape index (κ3) is 5.13. The van der Waals surface area contributed by atoms with Crippen LogP contribution in [0.2, 0.25) is 0 Å². The van der Waals surface area contributed by atoms with Crippen LogP contribution in [0.3, 0.4) is 0 Å². The third-order valence-corrected chi connectivity index (χ3v) is 7.59. The van der Waals surface area contributed by atoms with Crippen LogP contribution in [0, 0.1) is 23.2 Å². The molecule has 7 nitrogen and oxygen atoms in total. The Hall–Kier alpha value is -3.09. The Morgan fingerprint density at radius 2 is 1.55 bits per heavy atom. The molecule has 4 fully saturated rings. The summed E-state index contributed by atoms with van der Waals surface area (Å²) >= 11 is 0. The van der Waals surface area contributed by atoms with Crippen molar-refractivity contribution in [2.24, 2.45) is 23.2 Å². The molecule has 0 aliphatic heterocycles. The zero-order valence-corrected chi connectivity index (χ0v) is 18.8. The van der Waals surface area contributed by atoms with Crippen LogP contribution in [0.25, 0.3) is 0 Å². The first-order valence-corrected chi connectivity index (χ1v) is 11.9. The Morgan fingerprint density at radius 1 is 0.879 bits per heavy atom. The lowest BCUT2D eigenvalue weighted by molar-refractivity contribution is -0.131. The number of hydrogen-bond donors (Lipinski definition) is 3. The van der Waals surface area contributed by atoms with Crippen molar-refractivity contribution in [1.82, 2.24) is 10.6 Å². The summed E-state index contributed by atoms with van der Waals surface area (Å²) in [5, 5.41) is 8.43. The van der Waals surface area contributed by atoms with E-state index in [1.54, 1.807) is 24.3 Å². The fourth-order valence-corrected chi connectivity index (χ4v) is 6.66. The van der Waals surface area contributed by atoms with Crippen molar-refractivity contribution < 1.29 is 18.8 Å². The second-order valence-electron chi connectivity index (χ2n) is 10.3.